The zero-order chi connectivity index (χ0) is 22.9. The van der Waals surface area contributed by atoms with Crippen LogP contribution in [0.2, 0.25) is 0 Å². The van der Waals surface area contributed by atoms with Crippen LogP contribution in [0.4, 0.5) is 0 Å². The van der Waals surface area contributed by atoms with E-state index in [2.05, 4.69) is 41.2 Å². The largest absolute Gasteiger partial charge is 2.00 e. The van der Waals surface area contributed by atoms with Crippen molar-refractivity contribution in [2.75, 3.05) is 0 Å². The Morgan fingerprint density at radius 2 is 1.40 bits per heavy atom. The first kappa shape index (κ1) is 22.8. The average molecular weight is 634 g/mol. The first-order chi connectivity index (χ1) is 16.8. The van der Waals surface area contributed by atoms with E-state index in [1.807, 2.05) is 89.5 Å². The fourth-order valence-electron chi connectivity index (χ4n) is 4.17. The second-order valence-electron chi connectivity index (χ2n) is 7.97. The van der Waals surface area contributed by atoms with Crippen molar-refractivity contribution in [2.24, 2.45) is 0 Å². The summed E-state index contributed by atoms with van der Waals surface area (Å²) in [6.45, 7) is 0. The topological polar surface area (TPSA) is 41.9 Å². The van der Waals surface area contributed by atoms with E-state index < -0.39 is 0 Å². The summed E-state index contributed by atoms with van der Waals surface area (Å²) in [5.74, 6) is 1.00. The van der Waals surface area contributed by atoms with Gasteiger partial charge in [0.2, 0.25) is 0 Å². The first-order valence-electron chi connectivity index (χ1n) is 11.1. The summed E-state index contributed by atoms with van der Waals surface area (Å²) in [5.41, 5.74) is 6.33. The first-order valence-corrected chi connectivity index (χ1v) is 11.1. The van der Waals surface area contributed by atoms with Crippen LogP contribution in [0.5, 0.6) is 5.75 Å². The Morgan fingerprint density at radius 3 is 2.26 bits per heavy atom. The van der Waals surface area contributed by atoms with Gasteiger partial charge in [0.25, 0.3) is 6.33 Å². The van der Waals surface area contributed by atoms with Gasteiger partial charge < -0.3 is 5.11 Å². The monoisotopic (exact) mass is 633 g/mol. The van der Waals surface area contributed by atoms with Crippen LogP contribution in [-0.2, 0) is 21.1 Å². The van der Waals surface area contributed by atoms with Crippen molar-refractivity contribution in [3.05, 3.63) is 128 Å². The molecule has 5 heteroatoms. The fourth-order valence-corrected chi connectivity index (χ4v) is 4.17. The number of imidazole rings is 1. The van der Waals surface area contributed by atoms with Crippen molar-refractivity contribution in [1.29, 1.82) is 0 Å². The molecule has 0 amide bonds. The van der Waals surface area contributed by atoms with E-state index in [1.165, 1.54) is 0 Å². The SMILES string of the molecule is Oc1ccccc1-c1[c-]c(-c2cccc(-n3[c-][n+](-c4ccccc4)c4ccccc43)n2)ccc1.[Pt+2]. The molecule has 0 aliphatic carbocycles. The van der Waals surface area contributed by atoms with Gasteiger partial charge in [-0.2, -0.15) is 0 Å². The predicted molar refractivity (Wildman–Crippen MR) is 133 cm³/mol. The number of phenolic OH excluding ortho intramolecular Hbond substituents is 1. The number of rotatable bonds is 4. The van der Waals surface area contributed by atoms with Crippen molar-refractivity contribution in [3.8, 4) is 39.6 Å². The summed E-state index contributed by atoms with van der Waals surface area (Å²) in [4.78, 5) is 4.95. The summed E-state index contributed by atoms with van der Waals surface area (Å²) in [6.07, 6.45) is 3.47. The van der Waals surface area contributed by atoms with Crippen LogP contribution in [0.25, 0.3) is 44.9 Å². The van der Waals surface area contributed by atoms with Crippen LogP contribution in [0.1, 0.15) is 0 Å². The zero-order valence-corrected chi connectivity index (χ0v) is 20.8. The van der Waals surface area contributed by atoms with Gasteiger partial charge in [0.15, 0.2) is 5.82 Å². The number of nitrogens with zero attached hydrogens (tertiary/aromatic N) is 3. The molecule has 2 heterocycles. The molecule has 4 nitrogen and oxygen atoms in total. The third kappa shape index (κ3) is 4.29. The van der Waals surface area contributed by atoms with Gasteiger partial charge in [0, 0.05) is 5.69 Å². The summed E-state index contributed by atoms with van der Waals surface area (Å²) >= 11 is 0. The van der Waals surface area contributed by atoms with Gasteiger partial charge in [-0.05, 0) is 29.8 Å². The Morgan fingerprint density at radius 1 is 0.686 bits per heavy atom. The number of phenols is 1. The number of hydrogen-bond acceptors (Lipinski definition) is 2. The van der Waals surface area contributed by atoms with Crippen LogP contribution in [0.15, 0.2) is 115 Å². The molecule has 1 N–H and O–H groups in total. The Bertz CT molecular complexity index is 1630. The summed E-state index contributed by atoms with van der Waals surface area (Å²) < 4.78 is 4.04. The van der Waals surface area contributed by atoms with E-state index in [0.29, 0.717) is 0 Å². The minimum atomic E-state index is 0. The third-order valence-corrected chi connectivity index (χ3v) is 5.81. The Hall–Kier alpha value is -4.01. The van der Waals surface area contributed by atoms with Crippen LogP contribution in [0.3, 0.4) is 0 Å². The fraction of sp³-hybridized carbons (Fsp3) is 0. The van der Waals surface area contributed by atoms with Gasteiger partial charge in [-0.1, -0.05) is 78.4 Å². The van der Waals surface area contributed by atoms with Crippen LogP contribution in [-0.4, -0.2) is 14.7 Å². The summed E-state index contributed by atoms with van der Waals surface area (Å²) in [6, 6.07) is 40.9. The molecular weight excluding hydrogens is 613 g/mol. The van der Waals surface area contributed by atoms with E-state index in [4.69, 9.17) is 4.98 Å². The maximum atomic E-state index is 10.3. The number of para-hydroxylation sites is 4. The molecule has 0 saturated heterocycles. The zero-order valence-electron chi connectivity index (χ0n) is 18.6. The number of hydrogen-bond donors (Lipinski definition) is 1. The van der Waals surface area contributed by atoms with E-state index in [0.717, 1.165) is 44.9 Å². The van der Waals surface area contributed by atoms with Gasteiger partial charge in [-0.3, -0.25) is 14.1 Å². The maximum Gasteiger partial charge on any atom is 2.00 e. The second kappa shape index (κ2) is 9.69. The Kier molecular flexibility index (Phi) is 6.30. The van der Waals surface area contributed by atoms with Crippen LogP contribution < -0.4 is 4.57 Å². The molecule has 0 unspecified atom stereocenters. The standard InChI is InChI=1S/C30H20N3O.Pt/c34-29-18-7-4-14-25(29)22-10-8-11-23(20-22)26-15-9-19-30(31-26)33-21-32(24-12-2-1-3-13-24)27-16-5-6-17-28(27)33;/h1-19,34H;/q-1;+2. The van der Waals surface area contributed by atoms with Gasteiger partial charge in [-0.25, -0.2) is 0 Å². The maximum absolute atomic E-state index is 10.3. The molecule has 0 aliphatic rings. The smallest absolute Gasteiger partial charge is 0.515 e. The number of aromatic hydroxyl groups is 1. The van der Waals surface area contributed by atoms with Crippen molar-refractivity contribution < 1.29 is 30.7 Å². The van der Waals surface area contributed by atoms with E-state index in [1.54, 1.807) is 6.07 Å². The van der Waals surface area contributed by atoms with Crippen molar-refractivity contribution in [3.63, 3.8) is 0 Å². The Labute approximate surface area is 218 Å². The predicted octanol–water partition coefficient (Wildman–Crippen LogP) is 5.94. The molecule has 170 valence electrons. The Balaban J connectivity index is 0.00000253. The summed E-state index contributed by atoms with van der Waals surface area (Å²) in [5, 5.41) is 10.3. The average Bonchev–Trinajstić information content (AvgIpc) is 3.30. The normalized spacial score (nSPS) is 10.7. The molecule has 0 atom stereocenters. The number of pyridine rings is 1. The van der Waals surface area contributed by atoms with Gasteiger partial charge in [0.05, 0.1) is 22.5 Å². The molecule has 0 bridgehead atoms. The van der Waals surface area contributed by atoms with Crippen molar-refractivity contribution in [2.45, 2.75) is 0 Å². The van der Waals surface area contributed by atoms with Gasteiger partial charge >= 0.3 is 21.1 Å². The molecule has 0 spiro atoms. The van der Waals surface area contributed by atoms with E-state index >= 15 is 0 Å². The molecular formula is C30H20N3OPt+. The number of fused-ring (bicyclic) bond motifs is 1. The molecule has 0 aliphatic heterocycles. The third-order valence-electron chi connectivity index (χ3n) is 5.81. The molecule has 4 aromatic carbocycles. The van der Waals surface area contributed by atoms with E-state index in [9.17, 15) is 5.11 Å². The minimum absolute atomic E-state index is 0. The molecule has 2 aromatic heterocycles. The molecule has 35 heavy (non-hydrogen) atoms. The second-order valence-corrected chi connectivity index (χ2v) is 7.97. The van der Waals surface area contributed by atoms with E-state index in [-0.39, 0.29) is 26.8 Å². The molecule has 0 saturated carbocycles. The van der Waals surface area contributed by atoms with Gasteiger partial charge in [0.1, 0.15) is 0 Å². The van der Waals surface area contributed by atoms with Crippen LogP contribution in [0, 0.1) is 12.4 Å². The molecule has 0 radical (unpaired) electrons. The van der Waals surface area contributed by atoms with Gasteiger partial charge in [-0.15, -0.1) is 29.8 Å². The van der Waals surface area contributed by atoms with Crippen molar-refractivity contribution in [1.82, 2.24) is 9.55 Å². The number of benzene rings is 4. The molecule has 6 aromatic rings. The van der Waals surface area contributed by atoms with Crippen LogP contribution >= 0.6 is 0 Å². The molecule has 0 fully saturated rings. The summed E-state index contributed by atoms with van der Waals surface area (Å²) in [7, 11) is 0. The quantitative estimate of drug-likeness (QED) is 0.193. The molecule has 6 rings (SSSR count). The minimum Gasteiger partial charge on any atom is -0.515 e. The number of aromatic nitrogens is 3. The van der Waals surface area contributed by atoms with Crippen molar-refractivity contribution >= 4 is 11.0 Å².